The van der Waals surface area contributed by atoms with Gasteiger partial charge in [-0.15, -0.1) is 0 Å². The Morgan fingerprint density at radius 1 is 0.354 bits per heavy atom. The predicted molar refractivity (Wildman–Crippen MR) is 201 cm³/mol. The first-order valence-corrected chi connectivity index (χ1v) is 16.4. The van der Waals surface area contributed by atoms with Gasteiger partial charge in [0.05, 0.1) is 27.8 Å². The topological polar surface area (TPSA) is 22.2 Å². The van der Waals surface area contributed by atoms with Crippen molar-refractivity contribution in [2.45, 2.75) is 0 Å². The molecule has 0 unspecified atom stereocenters. The number of hydrogen-bond donors (Lipinski definition) is 0. The summed E-state index contributed by atoms with van der Waals surface area (Å²) in [6.07, 6.45) is 0. The smallest absolute Gasteiger partial charge is 0.145 e. The summed E-state index contributed by atoms with van der Waals surface area (Å²) in [4.78, 5) is 5.55. The molecule has 3 aromatic heterocycles. The van der Waals surface area contributed by atoms with Crippen molar-refractivity contribution in [1.29, 1.82) is 0 Å². The molecule has 0 spiro atoms. The van der Waals surface area contributed by atoms with Crippen LogP contribution in [0.3, 0.4) is 0 Å². The standard InChI is InChI=1S/C45H29N3/c1-4-14-30(15-5-1)31-24-26-33(27-25-31)45-46-42(32-16-6-2-7-17-32)44-41-37(35-20-10-13-23-40(35)48(44)45)28-29-38-36-21-11-12-22-39(36)47(43(38)41)34-18-8-3-9-19-34/h1-29H. The lowest BCUT2D eigenvalue weighted by Gasteiger charge is -2.15. The zero-order chi connectivity index (χ0) is 31.6. The minimum absolute atomic E-state index is 0.931. The average molecular weight is 612 g/mol. The summed E-state index contributed by atoms with van der Waals surface area (Å²) in [5.74, 6) is 0.931. The molecule has 10 rings (SSSR count). The van der Waals surface area contributed by atoms with Gasteiger partial charge in [0.15, 0.2) is 0 Å². The van der Waals surface area contributed by atoms with Crippen LogP contribution in [0.15, 0.2) is 176 Å². The Morgan fingerprint density at radius 2 is 0.875 bits per heavy atom. The Labute approximate surface area is 277 Å². The van der Waals surface area contributed by atoms with Gasteiger partial charge in [0.1, 0.15) is 5.82 Å². The van der Waals surface area contributed by atoms with Gasteiger partial charge in [-0.1, -0.05) is 152 Å². The summed E-state index contributed by atoms with van der Waals surface area (Å²) >= 11 is 0. The number of nitrogens with zero attached hydrogens (tertiary/aromatic N) is 3. The van der Waals surface area contributed by atoms with Gasteiger partial charge >= 0.3 is 0 Å². The second-order valence-corrected chi connectivity index (χ2v) is 12.4. The molecule has 3 heterocycles. The van der Waals surface area contributed by atoms with Crippen molar-refractivity contribution < 1.29 is 0 Å². The van der Waals surface area contributed by atoms with Gasteiger partial charge in [-0.25, -0.2) is 4.98 Å². The summed E-state index contributed by atoms with van der Waals surface area (Å²) in [7, 11) is 0. The van der Waals surface area contributed by atoms with Crippen molar-refractivity contribution in [1.82, 2.24) is 14.0 Å². The quantitative estimate of drug-likeness (QED) is 0.182. The molecule has 0 saturated heterocycles. The van der Waals surface area contributed by atoms with E-state index in [0.717, 1.165) is 39.4 Å². The van der Waals surface area contributed by atoms with Crippen molar-refractivity contribution in [3.05, 3.63) is 176 Å². The van der Waals surface area contributed by atoms with Crippen LogP contribution in [0.2, 0.25) is 0 Å². The number of rotatable bonds is 4. The molecule has 224 valence electrons. The van der Waals surface area contributed by atoms with Gasteiger partial charge < -0.3 is 4.57 Å². The Balaban J connectivity index is 1.42. The van der Waals surface area contributed by atoms with Crippen LogP contribution >= 0.6 is 0 Å². The molecule has 0 aliphatic carbocycles. The third-order valence-corrected chi connectivity index (χ3v) is 9.70. The predicted octanol–water partition coefficient (Wildman–Crippen LogP) is 11.7. The van der Waals surface area contributed by atoms with Gasteiger partial charge in [0.25, 0.3) is 0 Å². The molecule has 0 bridgehead atoms. The van der Waals surface area contributed by atoms with Crippen molar-refractivity contribution in [3.8, 4) is 39.5 Å². The molecule has 0 aliphatic heterocycles. The lowest BCUT2D eigenvalue weighted by atomic mass is 9.99. The fourth-order valence-electron chi connectivity index (χ4n) is 7.58. The highest BCUT2D eigenvalue weighted by atomic mass is 15.0. The van der Waals surface area contributed by atoms with E-state index in [-0.39, 0.29) is 0 Å². The monoisotopic (exact) mass is 611 g/mol. The first kappa shape index (κ1) is 26.7. The number of hydrogen-bond acceptors (Lipinski definition) is 1. The van der Waals surface area contributed by atoms with E-state index >= 15 is 0 Å². The average Bonchev–Trinajstić information content (AvgIpc) is 3.73. The van der Waals surface area contributed by atoms with Gasteiger partial charge in [-0.2, -0.15) is 0 Å². The molecule has 0 radical (unpaired) electrons. The molecule has 3 nitrogen and oxygen atoms in total. The van der Waals surface area contributed by atoms with E-state index in [0.29, 0.717) is 0 Å². The van der Waals surface area contributed by atoms with Crippen molar-refractivity contribution in [2.75, 3.05) is 0 Å². The largest absolute Gasteiger partial charge is 0.309 e. The molecule has 0 fully saturated rings. The molecule has 0 saturated carbocycles. The van der Waals surface area contributed by atoms with E-state index in [1.54, 1.807) is 0 Å². The number of aromatic nitrogens is 3. The number of imidazole rings is 1. The maximum Gasteiger partial charge on any atom is 0.145 e. The maximum absolute atomic E-state index is 5.55. The zero-order valence-electron chi connectivity index (χ0n) is 26.1. The Hall–Kier alpha value is -6.45. The summed E-state index contributed by atoms with van der Waals surface area (Å²) in [5.41, 5.74) is 11.3. The number of fused-ring (bicyclic) bond motifs is 10. The third-order valence-electron chi connectivity index (χ3n) is 9.70. The molecular weight excluding hydrogens is 583 g/mol. The fraction of sp³-hybridized carbons (Fsp3) is 0. The van der Waals surface area contributed by atoms with Gasteiger partial charge in [0.2, 0.25) is 0 Å². The van der Waals surface area contributed by atoms with E-state index < -0.39 is 0 Å². The lowest BCUT2D eigenvalue weighted by Crippen LogP contribution is -1.98. The highest BCUT2D eigenvalue weighted by Crippen LogP contribution is 2.44. The lowest BCUT2D eigenvalue weighted by molar-refractivity contribution is 1.18. The van der Waals surface area contributed by atoms with Crippen LogP contribution in [0.25, 0.3) is 88.5 Å². The Kier molecular flexibility index (Phi) is 5.87. The van der Waals surface area contributed by atoms with Crippen LogP contribution in [0.5, 0.6) is 0 Å². The van der Waals surface area contributed by atoms with Crippen molar-refractivity contribution in [3.63, 3.8) is 0 Å². The van der Waals surface area contributed by atoms with E-state index in [9.17, 15) is 0 Å². The van der Waals surface area contributed by atoms with Gasteiger partial charge in [0, 0.05) is 38.4 Å². The molecule has 0 N–H and O–H groups in total. The maximum atomic E-state index is 5.55. The minimum Gasteiger partial charge on any atom is -0.309 e. The summed E-state index contributed by atoms with van der Waals surface area (Å²) in [6.45, 7) is 0. The van der Waals surface area contributed by atoms with E-state index in [1.807, 2.05) is 0 Å². The second-order valence-electron chi connectivity index (χ2n) is 12.4. The summed E-state index contributed by atoms with van der Waals surface area (Å²) < 4.78 is 4.85. The number of benzene rings is 7. The van der Waals surface area contributed by atoms with Crippen LogP contribution in [-0.4, -0.2) is 14.0 Å². The number of pyridine rings is 1. The van der Waals surface area contributed by atoms with Crippen molar-refractivity contribution >= 4 is 49.0 Å². The summed E-state index contributed by atoms with van der Waals surface area (Å²) in [6, 6.07) is 62.9. The highest BCUT2D eigenvalue weighted by Gasteiger charge is 2.24. The second kappa shape index (κ2) is 10.5. The molecule has 7 aromatic carbocycles. The Bertz CT molecular complexity index is 2790. The SMILES string of the molecule is c1ccc(-c2ccc(-c3nc(-c4ccccc4)c4c5c(ccc6c7ccccc7n(-c7ccccc7)c65)c5ccccc5n34)cc2)cc1. The molecule has 10 aromatic rings. The molecule has 0 amide bonds. The first-order chi connectivity index (χ1) is 23.8. The molecule has 48 heavy (non-hydrogen) atoms. The van der Waals surface area contributed by atoms with Crippen LogP contribution in [-0.2, 0) is 0 Å². The van der Waals surface area contributed by atoms with Crippen LogP contribution in [0.1, 0.15) is 0 Å². The van der Waals surface area contributed by atoms with Gasteiger partial charge in [-0.05, 0) is 40.8 Å². The summed E-state index contributed by atoms with van der Waals surface area (Å²) in [5, 5.41) is 6.08. The van der Waals surface area contributed by atoms with Crippen LogP contribution in [0.4, 0.5) is 0 Å². The number of para-hydroxylation sites is 3. The first-order valence-electron chi connectivity index (χ1n) is 16.4. The molecular formula is C45H29N3. The highest BCUT2D eigenvalue weighted by molar-refractivity contribution is 6.28. The van der Waals surface area contributed by atoms with E-state index in [4.69, 9.17) is 4.98 Å². The van der Waals surface area contributed by atoms with Gasteiger partial charge in [-0.3, -0.25) is 4.40 Å². The van der Waals surface area contributed by atoms with E-state index in [1.165, 1.54) is 49.1 Å². The molecule has 0 atom stereocenters. The van der Waals surface area contributed by atoms with Crippen LogP contribution < -0.4 is 0 Å². The molecule has 0 aliphatic rings. The minimum atomic E-state index is 0.931. The Morgan fingerprint density at radius 3 is 1.58 bits per heavy atom. The van der Waals surface area contributed by atoms with Crippen LogP contribution in [0, 0.1) is 0 Å². The third kappa shape index (κ3) is 3.91. The van der Waals surface area contributed by atoms with E-state index in [2.05, 4.69) is 185 Å². The normalized spacial score (nSPS) is 11.8. The van der Waals surface area contributed by atoms with Crippen molar-refractivity contribution in [2.24, 2.45) is 0 Å². The zero-order valence-corrected chi connectivity index (χ0v) is 26.1. The fourth-order valence-corrected chi connectivity index (χ4v) is 7.58. The molecule has 3 heteroatoms.